The fraction of sp³-hybridized carbons (Fsp3) is 0. The summed E-state index contributed by atoms with van der Waals surface area (Å²) in [6.07, 6.45) is 0. The lowest BCUT2D eigenvalue weighted by Gasteiger charge is -2.29. The van der Waals surface area contributed by atoms with E-state index in [2.05, 4.69) is 276 Å². The molecule has 2 nitrogen and oxygen atoms in total. The molecule has 0 aliphatic carbocycles. The predicted octanol–water partition coefficient (Wildman–Crippen LogP) is 17.7. The zero-order chi connectivity index (χ0) is 43.8. The number of benzene rings is 11. The minimum absolute atomic E-state index is 1.07. The van der Waals surface area contributed by atoms with E-state index in [0.717, 1.165) is 45.0 Å². The molecule has 310 valence electrons. The molecule has 0 atom stereocenters. The lowest BCUT2D eigenvalue weighted by molar-refractivity contribution is 1.18. The van der Waals surface area contributed by atoms with E-state index in [1.54, 1.807) is 0 Å². The van der Waals surface area contributed by atoms with Gasteiger partial charge in [0.25, 0.3) is 0 Å². The van der Waals surface area contributed by atoms with Crippen LogP contribution in [0.4, 0.5) is 17.1 Å². The van der Waals surface area contributed by atoms with Crippen molar-refractivity contribution in [1.29, 1.82) is 0 Å². The van der Waals surface area contributed by atoms with Gasteiger partial charge < -0.3 is 9.47 Å². The Morgan fingerprint density at radius 3 is 1.48 bits per heavy atom. The van der Waals surface area contributed by atoms with Crippen molar-refractivity contribution < 1.29 is 0 Å². The summed E-state index contributed by atoms with van der Waals surface area (Å²) in [5.41, 5.74) is 18.5. The molecule has 0 saturated heterocycles. The van der Waals surface area contributed by atoms with Crippen LogP contribution < -0.4 is 4.90 Å². The highest BCUT2D eigenvalue weighted by molar-refractivity contribution is 6.10. The van der Waals surface area contributed by atoms with E-state index in [4.69, 9.17) is 0 Å². The highest BCUT2D eigenvalue weighted by atomic mass is 15.1. The third-order valence-electron chi connectivity index (χ3n) is 13.0. The van der Waals surface area contributed by atoms with E-state index in [9.17, 15) is 0 Å². The number of aromatic nitrogens is 1. The molecule has 0 N–H and O–H groups in total. The van der Waals surface area contributed by atoms with Gasteiger partial charge in [-0.2, -0.15) is 0 Å². The average Bonchev–Trinajstić information content (AvgIpc) is 3.73. The minimum Gasteiger partial charge on any atom is -0.310 e. The first-order chi connectivity index (χ1) is 32.7. The Morgan fingerprint density at radius 1 is 0.258 bits per heavy atom. The quantitative estimate of drug-likeness (QED) is 0.141. The van der Waals surface area contributed by atoms with Crippen molar-refractivity contribution in [2.24, 2.45) is 0 Å². The molecule has 1 heterocycles. The van der Waals surface area contributed by atoms with Crippen molar-refractivity contribution in [2.45, 2.75) is 0 Å². The monoisotopic (exact) mass is 840 g/mol. The number of rotatable bonds is 9. The molecular formula is C64H44N2. The van der Waals surface area contributed by atoms with Gasteiger partial charge in [0.2, 0.25) is 0 Å². The SMILES string of the molecule is c1ccc(-c2cc(N(c3cccc(-c4ccc(-c5ccc6ccccc6c5)cc4)c3)c3ccccc3-c3ccccc3)ccc2-c2ccccc2-n2c3ccccc3c3ccccc32)cc1. The number of anilines is 3. The molecule has 0 aliphatic rings. The summed E-state index contributed by atoms with van der Waals surface area (Å²) in [6, 6.07) is 97.0. The smallest absolute Gasteiger partial charge is 0.0541 e. The molecule has 0 aliphatic heterocycles. The van der Waals surface area contributed by atoms with Crippen molar-refractivity contribution in [1.82, 2.24) is 4.57 Å². The number of nitrogens with zero attached hydrogens (tertiary/aromatic N) is 2. The second-order valence-corrected chi connectivity index (χ2v) is 16.9. The van der Waals surface area contributed by atoms with Gasteiger partial charge in [0.05, 0.1) is 22.4 Å². The van der Waals surface area contributed by atoms with Crippen LogP contribution in [0.2, 0.25) is 0 Å². The highest BCUT2D eigenvalue weighted by Crippen LogP contribution is 2.46. The third-order valence-corrected chi connectivity index (χ3v) is 13.0. The summed E-state index contributed by atoms with van der Waals surface area (Å²) in [6.45, 7) is 0. The van der Waals surface area contributed by atoms with Gasteiger partial charge in [0.1, 0.15) is 0 Å². The maximum Gasteiger partial charge on any atom is 0.0541 e. The Hall–Kier alpha value is -8.72. The number of hydrogen-bond acceptors (Lipinski definition) is 1. The van der Waals surface area contributed by atoms with Crippen LogP contribution in [0.3, 0.4) is 0 Å². The number of hydrogen-bond donors (Lipinski definition) is 0. The summed E-state index contributed by atoms with van der Waals surface area (Å²) >= 11 is 0. The van der Waals surface area contributed by atoms with Crippen LogP contribution in [-0.4, -0.2) is 4.57 Å². The molecule has 0 amide bonds. The Balaban J connectivity index is 1.03. The van der Waals surface area contributed by atoms with E-state index < -0.39 is 0 Å². The second-order valence-electron chi connectivity index (χ2n) is 16.9. The summed E-state index contributed by atoms with van der Waals surface area (Å²) < 4.78 is 2.44. The normalized spacial score (nSPS) is 11.3. The minimum atomic E-state index is 1.07. The number of fused-ring (bicyclic) bond motifs is 4. The van der Waals surface area contributed by atoms with Gasteiger partial charge in [0, 0.05) is 33.3 Å². The van der Waals surface area contributed by atoms with Gasteiger partial charge in [-0.1, -0.05) is 212 Å². The lowest BCUT2D eigenvalue weighted by Crippen LogP contribution is -2.12. The van der Waals surface area contributed by atoms with E-state index in [1.165, 1.54) is 66.0 Å². The van der Waals surface area contributed by atoms with Crippen LogP contribution in [0.5, 0.6) is 0 Å². The van der Waals surface area contributed by atoms with E-state index in [0.29, 0.717) is 0 Å². The van der Waals surface area contributed by atoms with Crippen molar-refractivity contribution in [3.8, 4) is 61.3 Å². The zero-order valence-electron chi connectivity index (χ0n) is 36.3. The fourth-order valence-corrected chi connectivity index (χ4v) is 9.85. The van der Waals surface area contributed by atoms with Gasteiger partial charge in [0.15, 0.2) is 0 Å². The topological polar surface area (TPSA) is 8.17 Å². The largest absolute Gasteiger partial charge is 0.310 e. The average molecular weight is 841 g/mol. The van der Waals surface area contributed by atoms with Crippen molar-refractivity contribution >= 4 is 49.6 Å². The lowest BCUT2D eigenvalue weighted by atomic mass is 9.92. The molecule has 0 unspecified atom stereocenters. The van der Waals surface area contributed by atoms with Crippen LogP contribution >= 0.6 is 0 Å². The molecule has 0 radical (unpaired) electrons. The molecule has 0 bridgehead atoms. The van der Waals surface area contributed by atoms with Gasteiger partial charge in [-0.05, 0) is 110 Å². The van der Waals surface area contributed by atoms with Gasteiger partial charge in [-0.3, -0.25) is 0 Å². The van der Waals surface area contributed by atoms with Crippen LogP contribution in [0.15, 0.2) is 267 Å². The molecule has 11 aromatic carbocycles. The Bertz CT molecular complexity index is 3640. The molecule has 66 heavy (non-hydrogen) atoms. The van der Waals surface area contributed by atoms with E-state index >= 15 is 0 Å². The Kier molecular flexibility index (Phi) is 9.89. The van der Waals surface area contributed by atoms with Crippen molar-refractivity contribution in [2.75, 3.05) is 4.90 Å². The molecule has 1 aromatic heterocycles. The summed E-state index contributed by atoms with van der Waals surface area (Å²) in [5, 5.41) is 5.00. The Labute approximate surface area is 385 Å². The standard InChI is InChI=1S/C64H44N2/c1-3-19-48(20-4-1)55-26-9-13-30-61(55)65(53-25-17-24-51(43-53)46-34-36-47(37-35-46)52-39-38-45-18-7-8-23-50(45)42-52)54-40-41-56(60(44-54)49-21-5-2-6-22-49)57-27-10-14-31-62(57)66-63-32-15-11-28-58(63)59-29-12-16-33-64(59)66/h1-44H. The molecule has 0 spiro atoms. The maximum absolute atomic E-state index is 2.44. The van der Waals surface area contributed by atoms with Crippen LogP contribution in [0, 0.1) is 0 Å². The fourth-order valence-electron chi connectivity index (χ4n) is 9.85. The second kappa shape index (κ2) is 16.8. The predicted molar refractivity (Wildman–Crippen MR) is 280 cm³/mol. The summed E-state index contributed by atoms with van der Waals surface area (Å²) in [5.74, 6) is 0. The highest BCUT2D eigenvalue weighted by Gasteiger charge is 2.22. The molecule has 2 heteroatoms. The van der Waals surface area contributed by atoms with Crippen molar-refractivity contribution in [3.63, 3.8) is 0 Å². The summed E-state index contributed by atoms with van der Waals surface area (Å²) in [4.78, 5) is 2.43. The molecular weight excluding hydrogens is 797 g/mol. The van der Waals surface area contributed by atoms with Crippen molar-refractivity contribution in [3.05, 3.63) is 267 Å². The van der Waals surface area contributed by atoms with Crippen LogP contribution in [0.1, 0.15) is 0 Å². The maximum atomic E-state index is 2.44. The molecule has 0 saturated carbocycles. The van der Waals surface area contributed by atoms with Gasteiger partial charge in [-0.25, -0.2) is 0 Å². The molecule has 12 aromatic rings. The molecule has 12 rings (SSSR count). The first-order valence-electron chi connectivity index (χ1n) is 22.7. The van der Waals surface area contributed by atoms with Crippen LogP contribution in [0.25, 0.3) is 93.9 Å². The van der Waals surface area contributed by atoms with Gasteiger partial charge >= 0.3 is 0 Å². The molecule has 0 fully saturated rings. The Morgan fingerprint density at radius 2 is 0.773 bits per heavy atom. The first-order valence-corrected chi connectivity index (χ1v) is 22.7. The first kappa shape index (κ1) is 38.9. The summed E-state index contributed by atoms with van der Waals surface area (Å²) in [7, 11) is 0. The zero-order valence-corrected chi connectivity index (χ0v) is 36.3. The van der Waals surface area contributed by atoms with E-state index in [-0.39, 0.29) is 0 Å². The number of para-hydroxylation sites is 4. The van der Waals surface area contributed by atoms with E-state index in [1.807, 2.05) is 0 Å². The third kappa shape index (κ3) is 7.02. The van der Waals surface area contributed by atoms with Crippen LogP contribution in [-0.2, 0) is 0 Å². The van der Waals surface area contributed by atoms with Gasteiger partial charge in [-0.15, -0.1) is 0 Å².